The average molecular weight is 252 g/mol. The Morgan fingerprint density at radius 2 is 2.00 bits per heavy atom. The maximum atomic E-state index is 12.2. The maximum absolute atomic E-state index is 12.2. The van der Waals surface area contributed by atoms with Gasteiger partial charge in [-0.15, -0.1) is 0 Å². The fraction of sp³-hybridized carbons (Fsp3) is 0.778. The van der Waals surface area contributed by atoms with Gasteiger partial charge in [0.05, 0.1) is 19.1 Å². The van der Waals surface area contributed by atoms with E-state index in [4.69, 9.17) is 10.2 Å². The number of aliphatic hydroxyl groups is 1. The summed E-state index contributed by atoms with van der Waals surface area (Å²) in [5, 5.41) is 17.3. The molecular formula is C9H14F2N2O4. The molecule has 1 aliphatic rings. The molecule has 0 unspecified atom stereocenters. The van der Waals surface area contributed by atoms with E-state index >= 15 is 0 Å². The highest BCUT2D eigenvalue weighted by Crippen LogP contribution is 2.18. The number of halogens is 2. The molecule has 1 saturated heterocycles. The number of rotatable bonds is 5. The minimum absolute atomic E-state index is 0.0271. The van der Waals surface area contributed by atoms with Crippen LogP contribution >= 0.6 is 0 Å². The van der Waals surface area contributed by atoms with Crippen molar-refractivity contribution >= 4 is 12.0 Å². The van der Waals surface area contributed by atoms with Crippen LogP contribution in [0.4, 0.5) is 13.6 Å². The lowest BCUT2D eigenvalue weighted by molar-refractivity contribution is -0.146. The predicted octanol–water partition coefficient (Wildman–Crippen LogP) is -0.318. The van der Waals surface area contributed by atoms with E-state index in [0.29, 0.717) is 0 Å². The molecule has 1 rings (SSSR count). The number of urea groups is 1. The smallest absolute Gasteiger partial charge is 0.320 e. The van der Waals surface area contributed by atoms with E-state index < -0.39 is 37.5 Å². The lowest BCUT2D eigenvalue weighted by Gasteiger charge is -2.39. The Balaban J connectivity index is 2.46. The molecule has 6 nitrogen and oxygen atoms in total. The van der Waals surface area contributed by atoms with Crippen LogP contribution in [0.25, 0.3) is 0 Å². The lowest BCUT2D eigenvalue weighted by Crippen LogP contribution is -2.58. The summed E-state index contributed by atoms with van der Waals surface area (Å²) in [6.07, 6.45) is -2.68. The van der Waals surface area contributed by atoms with Gasteiger partial charge in [-0.05, 0) is 0 Å². The quantitative estimate of drug-likeness (QED) is 0.702. The standard InChI is InChI=1S/C9H14F2N2O4/c10-7(11)5-12(1-2-14)9(17)13-3-6(4-13)8(15)16/h6-7,14H,1-5H2,(H,15,16). The van der Waals surface area contributed by atoms with Gasteiger partial charge >= 0.3 is 12.0 Å². The van der Waals surface area contributed by atoms with Gasteiger partial charge < -0.3 is 20.0 Å². The molecule has 1 fully saturated rings. The second-order valence-electron chi connectivity index (χ2n) is 3.78. The molecule has 2 N–H and O–H groups in total. The molecule has 0 aliphatic carbocycles. The third-order valence-electron chi connectivity index (χ3n) is 2.50. The summed E-state index contributed by atoms with van der Waals surface area (Å²) in [4.78, 5) is 24.1. The number of nitrogens with zero attached hydrogens (tertiary/aromatic N) is 2. The molecule has 2 amide bonds. The molecule has 0 bridgehead atoms. The van der Waals surface area contributed by atoms with Crippen molar-refractivity contribution in [2.24, 2.45) is 5.92 Å². The molecule has 8 heteroatoms. The zero-order chi connectivity index (χ0) is 13.0. The van der Waals surface area contributed by atoms with Crippen LogP contribution in [0.15, 0.2) is 0 Å². The van der Waals surface area contributed by atoms with E-state index in [2.05, 4.69) is 0 Å². The second-order valence-corrected chi connectivity index (χ2v) is 3.78. The molecule has 98 valence electrons. The maximum Gasteiger partial charge on any atom is 0.320 e. The number of aliphatic hydroxyl groups excluding tert-OH is 1. The van der Waals surface area contributed by atoms with Crippen molar-refractivity contribution < 1.29 is 28.6 Å². The minimum atomic E-state index is -2.68. The van der Waals surface area contributed by atoms with Gasteiger partial charge in [0.1, 0.15) is 0 Å². The fourth-order valence-corrected chi connectivity index (χ4v) is 1.54. The van der Waals surface area contributed by atoms with Gasteiger partial charge in [-0.25, -0.2) is 13.6 Å². The van der Waals surface area contributed by atoms with Gasteiger partial charge in [0, 0.05) is 19.6 Å². The Labute approximate surface area is 96.4 Å². The number of amides is 2. The van der Waals surface area contributed by atoms with Crippen molar-refractivity contribution in [3.63, 3.8) is 0 Å². The Bertz CT molecular complexity index is 295. The van der Waals surface area contributed by atoms with Crippen LogP contribution in [0.1, 0.15) is 0 Å². The number of alkyl halides is 2. The third kappa shape index (κ3) is 3.52. The highest BCUT2D eigenvalue weighted by Gasteiger charge is 2.37. The Kier molecular flexibility index (Phi) is 4.62. The molecule has 0 spiro atoms. The molecule has 17 heavy (non-hydrogen) atoms. The van der Waals surface area contributed by atoms with Crippen molar-refractivity contribution in [2.75, 3.05) is 32.8 Å². The van der Waals surface area contributed by atoms with Gasteiger partial charge in [-0.2, -0.15) is 0 Å². The Morgan fingerprint density at radius 3 is 2.41 bits per heavy atom. The SMILES string of the molecule is O=C(O)C1CN(C(=O)N(CCO)CC(F)F)C1. The first-order valence-corrected chi connectivity index (χ1v) is 5.11. The van der Waals surface area contributed by atoms with E-state index in [1.807, 2.05) is 0 Å². The minimum Gasteiger partial charge on any atom is -0.481 e. The fourth-order valence-electron chi connectivity index (χ4n) is 1.54. The van der Waals surface area contributed by atoms with Crippen LogP contribution in [-0.4, -0.2) is 71.2 Å². The number of aliphatic carboxylic acids is 1. The first-order valence-electron chi connectivity index (χ1n) is 5.11. The van der Waals surface area contributed by atoms with Crippen LogP contribution in [0.5, 0.6) is 0 Å². The Hall–Kier alpha value is -1.44. The summed E-state index contributed by atoms with van der Waals surface area (Å²) in [6.45, 7) is -1.29. The van der Waals surface area contributed by atoms with Gasteiger partial charge in [0.15, 0.2) is 0 Å². The van der Waals surface area contributed by atoms with E-state index in [1.54, 1.807) is 0 Å². The van der Waals surface area contributed by atoms with Crippen LogP contribution < -0.4 is 0 Å². The molecule has 0 radical (unpaired) electrons. The monoisotopic (exact) mass is 252 g/mol. The number of hydrogen-bond donors (Lipinski definition) is 2. The zero-order valence-corrected chi connectivity index (χ0v) is 9.05. The van der Waals surface area contributed by atoms with Crippen molar-refractivity contribution in [3.8, 4) is 0 Å². The van der Waals surface area contributed by atoms with Crippen LogP contribution in [0.2, 0.25) is 0 Å². The summed E-state index contributed by atoms with van der Waals surface area (Å²) >= 11 is 0. The highest BCUT2D eigenvalue weighted by molar-refractivity contribution is 5.79. The molecule has 0 aromatic rings. The molecule has 0 aromatic heterocycles. The van der Waals surface area contributed by atoms with E-state index in [9.17, 15) is 18.4 Å². The summed E-state index contributed by atoms with van der Waals surface area (Å²) in [5.41, 5.74) is 0. The molecule has 0 atom stereocenters. The largest absolute Gasteiger partial charge is 0.481 e. The summed E-state index contributed by atoms with van der Waals surface area (Å²) in [5.74, 6) is -1.63. The molecular weight excluding hydrogens is 238 g/mol. The number of carboxylic acids is 1. The van der Waals surface area contributed by atoms with Gasteiger partial charge in [-0.1, -0.05) is 0 Å². The van der Waals surface area contributed by atoms with E-state index in [1.165, 1.54) is 4.90 Å². The first kappa shape index (κ1) is 13.6. The third-order valence-corrected chi connectivity index (χ3v) is 2.50. The number of carboxylic acid groups (broad SMARTS) is 1. The van der Waals surface area contributed by atoms with Gasteiger partial charge in [-0.3, -0.25) is 4.79 Å². The van der Waals surface area contributed by atoms with Crippen LogP contribution in [0, 0.1) is 5.92 Å². The van der Waals surface area contributed by atoms with Crippen molar-refractivity contribution in [3.05, 3.63) is 0 Å². The van der Waals surface area contributed by atoms with E-state index in [0.717, 1.165) is 4.90 Å². The topological polar surface area (TPSA) is 81.1 Å². The second kappa shape index (κ2) is 5.76. The van der Waals surface area contributed by atoms with Crippen molar-refractivity contribution in [2.45, 2.75) is 6.43 Å². The summed E-state index contributed by atoms with van der Waals surface area (Å²) in [7, 11) is 0. The van der Waals surface area contributed by atoms with Crippen molar-refractivity contribution in [1.29, 1.82) is 0 Å². The zero-order valence-electron chi connectivity index (χ0n) is 9.05. The number of carbonyl (C=O) groups excluding carboxylic acids is 1. The normalized spacial score (nSPS) is 15.9. The highest BCUT2D eigenvalue weighted by atomic mass is 19.3. The van der Waals surface area contributed by atoms with Crippen molar-refractivity contribution in [1.82, 2.24) is 9.80 Å². The van der Waals surface area contributed by atoms with Crippen LogP contribution in [0.3, 0.4) is 0 Å². The molecule has 0 aromatic carbocycles. The first-order chi connectivity index (χ1) is 7.95. The molecule has 1 heterocycles. The predicted molar refractivity (Wildman–Crippen MR) is 52.8 cm³/mol. The van der Waals surface area contributed by atoms with Crippen LogP contribution in [-0.2, 0) is 4.79 Å². The average Bonchev–Trinajstić information content (AvgIpc) is 2.13. The number of carbonyl (C=O) groups is 2. The summed E-state index contributed by atoms with van der Waals surface area (Å²) < 4.78 is 24.3. The van der Waals surface area contributed by atoms with E-state index in [-0.39, 0.29) is 19.6 Å². The number of hydrogen-bond acceptors (Lipinski definition) is 3. The number of likely N-dealkylation sites (tertiary alicyclic amines) is 1. The lowest BCUT2D eigenvalue weighted by atomic mass is 10.0. The van der Waals surface area contributed by atoms with Gasteiger partial charge in [0.25, 0.3) is 6.43 Å². The Morgan fingerprint density at radius 1 is 1.41 bits per heavy atom. The van der Waals surface area contributed by atoms with Gasteiger partial charge in [0.2, 0.25) is 0 Å². The molecule has 0 saturated carbocycles. The summed E-state index contributed by atoms with van der Waals surface area (Å²) in [6, 6.07) is -0.656. The molecule has 1 aliphatic heterocycles.